The van der Waals surface area contributed by atoms with E-state index in [2.05, 4.69) is 24.7 Å². The molecule has 5 heteroatoms. The van der Waals surface area contributed by atoms with Gasteiger partial charge in [-0.2, -0.15) is 5.10 Å². The molecule has 19 heavy (non-hydrogen) atoms. The summed E-state index contributed by atoms with van der Waals surface area (Å²) < 4.78 is 7.65. The summed E-state index contributed by atoms with van der Waals surface area (Å²) in [6.45, 7) is 10.4. The molecule has 2 N–H and O–H groups in total. The second-order valence-electron chi connectivity index (χ2n) is 6.21. The Morgan fingerprint density at radius 2 is 2.05 bits per heavy atom. The first kappa shape index (κ1) is 14.1. The number of fused-ring (bicyclic) bond motifs is 1. The predicted octanol–water partition coefficient (Wildman–Crippen LogP) is 3.24. The average molecular weight is 277 g/mol. The van der Waals surface area contributed by atoms with E-state index in [4.69, 9.17) is 10.5 Å². The highest BCUT2D eigenvalue weighted by molar-refractivity contribution is 6.76. The van der Waals surface area contributed by atoms with Crippen LogP contribution in [-0.4, -0.2) is 24.5 Å². The summed E-state index contributed by atoms with van der Waals surface area (Å²) in [6.07, 6.45) is 0. The van der Waals surface area contributed by atoms with Gasteiger partial charge in [-0.25, -0.2) is 4.68 Å². The first-order valence-corrected chi connectivity index (χ1v) is 10.4. The fourth-order valence-corrected chi connectivity index (χ4v) is 2.74. The van der Waals surface area contributed by atoms with Gasteiger partial charge in [0.1, 0.15) is 6.73 Å². The Kier molecular flexibility index (Phi) is 3.96. The molecule has 1 aromatic heterocycles. The molecular weight excluding hydrogens is 254 g/mol. The molecule has 0 atom stereocenters. The van der Waals surface area contributed by atoms with Crippen LogP contribution in [-0.2, 0) is 11.5 Å². The van der Waals surface area contributed by atoms with E-state index >= 15 is 0 Å². The number of aryl methyl sites for hydroxylation is 1. The zero-order valence-corrected chi connectivity index (χ0v) is 13.2. The van der Waals surface area contributed by atoms with Crippen molar-refractivity contribution in [3.63, 3.8) is 0 Å². The van der Waals surface area contributed by atoms with Gasteiger partial charge in [-0.05, 0) is 31.2 Å². The van der Waals surface area contributed by atoms with Crippen molar-refractivity contribution in [2.75, 3.05) is 12.3 Å². The van der Waals surface area contributed by atoms with E-state index < -0.39 is 8.07 Å². The van der Waals surface area contributed by atoms with E-state index in [9.17, 15) is 0 Å². The number of ether oxygens (including phenoxy) is 1. The summed E-state index contributed by atoms with van der Waals surface area (Å²) in [4.78, 5) is 0. The maximum atomic E-state index is 5.84. The van der Waals surface area contributed by atoms with E-state index in [1.54, 1.807) is 0 Å². The molecule has 4 nitrogen and oxygen atoms in total. The summed E-state index contributed by atoms with van der Waals surface area (Å²) in [6, 6.07) is 7.06. The second-order valence-corrected chi connectivity index (χ2v) is 11.8. The molecule has 0 amide bonds. The van der Waals surface area contributed by atoms with Crippen LogP contribution < -0.4 is 5.73 Å². The number of nitrogens with two attached hydrogens (primary N) is 1. The number of hydrogen-bond acceptors (Lipinski definition) is 3. The molecule has 0 fully saturated rings. The molecule has 0 aliphatic carbocycles. The maximum absolute atomic E-state index is 5.84. The number of anilines is 1. The van der Waals surface area contributed by atoms with Crippen molar-refractivity contribution >= 4 is 24.7 Å². The number of rotatable bonds is 5. The Morgan fingerprint density at radius 1 is 1.32 bits per heavy atom. The number of hydrogen-bond donors (Lipinski definition) is 1. The van der Waals surface area contributed by atoms with Crippen LogP contribution in [0.25, 0.3) is 10.9 Å². The molecule has 0 bridgehead atoms. The minimum absolute atomic E-state index is 0.498. The molecule has 0 saturated carbocycles. The molecule has 1 heterocycles. The summed E-state index contributed by atoms with van der Waals surface area (Å²) in [5.41, 5.74) is 8.66. The number of aromatic nitrogens is 2. The summed E-state index contributed by atoms with van der Waals surface area (Å²) in [7, 11) is -1.03. The molecule has 0 spiro atoms. The summed E-state index contributed by atoms with van der Waals surface area (Å²) >= 11 is 0. The predicted molar refractivity (Wildman–Crippen MR) is 83.0 cm³/mol. The number of benzene rings is 1. The molecule has 0 saturated heterocycles. The SMILES string of the molecule is Cc1nn(COCC[Si](C)(C)C)c2cc(N)ccc12. The highest BCUT2D eigenvalue weighted by atomic mass is 28.3. The third kappa shape index (κ3) is 3.58. The Morgan fingerprint density at radius 3 is 2.74 bits per heavy atom. The monoisotopic (exact) mass is 277 g/mol. The zero-order valence-electron chi connectivity index (χ0n) is 12.2. The topological polar surface area (TPSA) is 53.1 Å². The van der Waals surface area contributed by atoms with E-state index in [0.29, 0.717) is 6.73 Å². The lowest BCUT2D eigenvalue weighted by Gasteiger charge is -2.15. The van der Waals surface area contributed by atoms with Crippen LogP contribution in [0.3, 0.4) is 0 Å². The number of nitrogen functional groups attached to an aromatic ring is 1. The van der Waals surface area contributed by atoms with Gasteiger partial charge in [0, 0.05) is 25.8 Å². The van der Waals surface area contributed by atoms with E-state index in [0.717, 1.165) is 28.9 Å². The first-order valence-electron chi connectivity index (χ1n) is 6.67. The highest BCUT2D eigenvalue weighted by Gasteiger charge is 2.12. The quantitative estimate of drug-likeness (QED) is 0.518. The van der Waals surface area contributed by atoms with Crippen LogP contribution >= 0.6 is 0 Å². The Bertz CT molecular complexity index is 572. The van der Waals surface area contributed by atoms with Gasteiger partial charge < -0.3 is 10.5 Å². The van der Waals surface area contributed by atoms with Gasteiger partial charge in [0.25, 0.3) is 0 Å². The van der Waals surface area contributed by atoms with E-state index in [-0.39, 0.29) is 0 Å². The lowest BCUT2D eigenvalue weighted by molar-refractivity contribution is 0.0815. The summed E-state index contributed by atoms with van der Waals surface area (Å²) in [5, 5.41) is 5.65. The van der Waals surface area contributed by atoms with Crippen molar-refractivity contribution in [2.24, 2.45) is 0 Å². The first-order chi connectivity index (χ1) is 8.87. The van der Waals surface area contributed by atoms with Crippen LogP contribution in [0.15, 0.2) is 18.2 Å². The van der Waals surface area contributed by atoms with Crippen molar-refractivity contribution < 1.29 is 4.74 Å². The molecule has 0 unspecified atom stereocenters. The van der Waals surface area contributed by atoms with Crippen LogP contribution in [0.4, 0.5) is 5.69 Å². The molecule has 104 valence electrons. The van der Waals surface area contributed by atoms with Crippen LogP contribution in [0.2, 0.25) is 25.7 Å². The van der Waals surface area contributed by atoms with Gasteiger partial charge in [0.05, 0.1) is 11.2 Å². The highest BCUT2D eigenvalue weighted by Crippen LogP contribution is 2.20. The standard InChI is InChI=1S/C14H23N3OSi/c1-11-13-6-5-12(15)9-14(13)17(16-11)10-18-7-8-19(2,3)4/h5-6,9H,7-8,10,15H2,1-4H3. The fraction of sp³-hybridized carbons (Fsp3) is 0.500. The van der Waals surface area contributed by atoms with Crippen molar-refractivity contribution in [1.29, 1.82) is 0 Å². The third-order valence-corrected chi connectivity index (χ3v) is 4.87. The molecule has 0 aliphatic rings. The van der Waals surface area contributed by atoms with E-state index in [1.165, 1.54) is 6.04 Å². The molecule has 0 radical (unpaired) electrons. The molecule has 0 aliphatic heterocycles. The van der Waals surface area contributed by atoms with Crippen molar-refractivity contribution in [3.05, 3.63) is 23.9 Å². The molecule has 1 aromatic carbocycles. The van der Waals surface area contributed by atoms with Gasteiger partial charge in [-0.3, -0.25) is 0 Å². The van der Waals surface area contributed by atoms with Crippen molar-refractivity contribution in [2.45, 2.75) is 39.3 Å². The zero-order chi connectivity index (χ0) is 14.0. The third-order valence-electron chi connectivity index (χ3n) is 3.17. The van der Waals surface area contributed by atoms with Gasteiger partial charge >= 0.3 is 0 Å². The minimum Gasteiger partial charge on any atom is -0.399 e. The van der Waals surface area contributed by atoms with Crippen molar-refractivity contribution in [3.8, 4) is 0 Å². The maximum Gasteiger partial charge on any atom is 0.140 e. The lowest BCUT2D eigenvalue weighted by Crippen LogP contribution is -2.22. The van der Waals surface area contributed by atoms with Crippen LogP contribution in [0.5, 0.6) is 0 Å². The molecule has 2 rings (SSSR count). The van der Waals surface area contributed by atoms with Gasteiger partial charge in [0.2, 0.25) is 0 Å². The molecular formula is C14H23N3OSi. The van der Waals surface area contributed by atoms with Crippen molar-refractivity contribution in [1.82, 2.24) is 9.78 Å². The Labute approximate surface area is 115 Å². The lowest BCUT2D eigenvalue weighted by atomic mass is 10.2. The Balaban J connectivity index is 2.07. The Hall–Kier alpha value is -1.33. The summed E-state index contributed by atoms with van der Waals surface area (Å²) in [5.74, 6) is 0. The number of nitrogens with zero attached hydrogens (tertiary/aromatic N) is 2. The van der Waals surface area contributed by atoms with E-state index in [1.807, 2.05) is 29.8 Å². The van der Waals surface area contributed by atoms with Gasteiger partial charge in [-0.1, -0.05) is 19.6 Å². The van der Waals surface area contributed by atoms with Crippen LogP contribution in [0, 0.1) is 6.92 Å². The molecule has 2 aromatic rings. The largest absolute Gasteiger partial charge is 0.399 e. The van der Waals surface area contributed by atoms with Gasteiger partial charge in [0.15, 0.2) is 0 Å². The normalized spacial score (nSPS) is 12.2. The fourth-order valence-electron chi connectivity index (χ4n) is 1.98. The second kappa shape index (κ2) is 5.34. The smallest absolute Gasteiger partial charge is 0.140 e. The van der Waals surface area contributed by atoms with Gasteiger partial charge in [-0.15, -0.1) is 0 Å². The van der Waals surface area contributed by atoms with Crippen LogP contribution in [0.1, 0.15) is 5.69 Å². The average Bonchev–Trinajstić information content (AvgIpc) is 2.60. The minimum atomic E-state index is -1.03.